The van der Waals surface area contributed by atoms with Crippen molar-refractivity contribution in [3.63, 3.8) is 0 Å². The molecule has 1 fully saturated rings. The van der Waals surface area contributed by atoms with Crippen LogP contribution in [0.1, 0.15) is 5.56 Å². The number of amides is 2. The standard InChI is InChI=1S/C13H15Cl2N3O2/c1-18(7-8-2-9(14)4-10(15)3-8)13(20)11-5-17-12(19)6-16-11/h2-4,11,16H,5-7H2,1H3,(H,17,19). The lowest BCUT2D eigenvalue weighted by atomic mass is 10.1. The quantitative estimate of drug-likeness (QED) is 0.876. The van der Waals surface area contributed by atoms with Gasteiger partial charge in [0.1, 0.15) is 6.04 Å². The maximum atomic E-state index is 12.2. The summed E-state index contributed by atoms with van der Waals surface area (Å²) >= 11 is 11.9. The van der Waals surface area contributed by atoms with E-state index in [9.17, 15) is 9.59 Å². The normalized spacial score (nSPS) is 18.6. The van der Waals surface area contributed by atoms with E-state index in [0.717, 1.165) is 5.56 Å². The number of hydrogen-bond donors (Lipinski definition) is 2. The van der Waals surface area contributed by atoms with Gasteiger partial charge in [-0.15, -0.1) is 0 Å². The Bertz CT molecular complexity index is 506. The Labute approximate surface area is 127 Å². The van der Waals surface area contributed by atoms with Crippen molar-refractivity contribution >= 4 is 35.0 Å². The van der Waals surface area contributed by atoms with E-state index in [4.69, 9.17) is 23.2 Å². The van der Waals surface area contributed by atoms with Crippen LogP contribution in [0.2, 0.25) is 10.0 Å². The van der Waals surface area contributed by atoms with Gasteiger partial charge in [-0.3, -0.25) is 14.9 Å². The largest absolute Gasteiger partial charge is 0.353 e. The van der Waals surface area contributed by atoms with Crippen molar-refractivity contribution in [1.82, 2.24) is 15.5 Å². The number of carbonyl (C=O) groups excluding carboxylic acids is 2. The van der Waals surface area contributed by atoms with Crippen molar-refractivity contribution in [2.75, 3.05) is 20.1 Å². The molecule has 1 unspecified atom stereocenters. The van der Waals surface area contributed by atoms with E-state index in [0.29, 0.717) is 23.1 Å². The molecule has 1 atom stereocenters. The topological polar surface area (TPSA) is 61.4 Å². The van der Waals surface area contributed by atoms with Crippen molar-refractivity contribution in [3.8, 4) is 0 Å². The van der Waals surface area contributed by atoms with Crippen LogP contribution in [0.15, 0.2) is 18.2 Å². The van der Waals surface area contributed by atoms with Crippen LogP contribution in [0.5, 0.6) is 0 Å². The van der Waals surface area contributed by atoms with Crippen LogP contribution in [0.25, 0.3) is 0 Å². The highest BCUT2D eigenvalue weighted by atomic mass is 35.5. The second-order valence-corrected chi connectivity index (χ2v) is 5.58. The van der Waals surface area contributed by atoms with E-state index in [2.05, 4.69) is 10.6 Å². The zero-order chi connectivity index (χ0) is 14.7. The molecule has 0 radical (unpaired) electrons. The SMILES string of the molecule is CN(Cc1cc(Cl)cc(Cl)c1)C(=O)C1CNC(=O)CN1. The molecule has 1 aliphatic heterocycles. The first-order chi connectivity index (χ1) is 9.45. The van der Waals surface area contributed by atoms with E-state index in [1.54, 1.807) is 30.1 Å². The molecule has 7 heteroatoms. The van der Waals surface area contributed by atoms with Crippen LogP contribution in [0.4, 0.5) is 0 Å². The third-order valence-electron chi connectivity index (χ3n) is 3.03. The fourth-order valence-corrected chi connectivity index (χ4v) is 2.63. The smallest absolute Gasteiger partial charge is 0.241 e. The van der Waals surface area contributed by atoms with Crippen molar-refractivity contribution in [2.45, 2.75) is 12.6 Å². The molecular formula is C13H15Cl2N3O2. The van der Waals surface area contributed by atoms with Gasteiger partial charge in [0.05, 0.1) is 6.54 Å². The molecule has 1 saturated heterocycles. The number of piperazine rings is 1. The molecule has 1 aromatic carbocycles. The molecule has 20 heavy (non-hydrogen) atoms. The molecular weight excluding hydrogens is 301 g/mol. The maximum absolute atomic E-state index is 12.2. The Morgan fingerprint density at radius 2 is 2.00 bits per heavy atom. The van der Waals surface area contributed by atoms with Gasteiger partial charge in [-0.2, -0.15) is 0 Å². The monoisotopic (exact) mass is 315 g/mol. The van der Waals surface area contributed by atoms with Gasteiger partial charge in [0.2, 0.25) is 11.8 Å². The summed E-state index contributed by atoms with van der Waals surface area (Å²) in [5, 5.41) is 6.64. The summed E-state index contributed by atoms with van der Waals surface area (Å²) < 4.78 is 0. The minimum absolute atomic E-state index is 0.0823. The molecule has 2 rings (SSSR count). The molecule has 1 aliphatic rings. The first-order valence-corrected chi connectivity index (χ1v) is 6.91. The van der Waals surface area contributed by atoms with Crippen molar-refractivity contribution < 1.29 is 9.59 Å². The van der Waals surface area contributed by atoms with Crippen LogP contribution in [0.3, 0.4) is 0 Å². The highest BCUT2D eigenvalue weighted by Crippen LogP contribution is 2.20. The summed E-state index contributed by atoms with van der Waals surface area (Å²) in [5.41, 5.74) is 0.859. The fourth-order valence-electron chi connectivity index (χ4n) is 2.06. The summed E-state index contributed by atoms with van der Waals surface area (Å²) in [4.78, 5) is 24.8. The molecule has 108 valence electrons. The van der Waals surface area contributed by atoms with Crippen LogP contribution in [-0.2, 0) is 16.1 Å². The molecule has 1 heterocycles. The van der Waals surface area contributed by atoms with Gasteiger partial charge >= 0.3 is 0 Å². The zero-order valence-electron chi connectivity index (χ0n) is 11.0. The predicted molar refractivity (Wildman–Crippen MR) is 77.7 cm³/mol. The molecule has 2 N–H and O–H groups in total. The van der Waals surface area contributed by atoms with E-state index in [1.165, 1.54) is 0 Å². The van der Waals surface area contributed by atoms with Gasteiger partial charge < -0.3 is 10.2 Å². The Morgan fingerprint density at radius 1 is 1.35 bits per heavy atom. The lowest BCUT2D eigenvalue weighted by Gasteiger charge is -2.27. The minimum atomic E-state index is -0.396. The number of rotatable bonds is 3. The van der Waals surface area contributed by atoms with Crippen LogP contribution < -0.4 is 10.6 Å². The number of nitrogens with zero attached hydrogens (tertiary/aromatic N) is 1. The lowest BCUT2D eigenvalue weighted by molar-refractivity contribution is -0.134. The maximum Gasteiger partial charge on any atom is 0.241 e. The average molecular weight is 316 g/mol. The summed E-state index contributed by atoms with van der Waals surface area (Å²) in [6, 6.07) is 4.79. The van der Waals surface area contributed by atoms with E-state index >= 15 is 0 Å². The first kappa shape index (κ1) is 15.1. The number of likely N-dealkylation sites (N-methyl/N-ethyl adjacent to an activating group) is 1. The summed E-state index contributed by atoms with van der Waals surface area (Å²) in [6.07, 6.45) is 0. The molecule has 0 aliphatic carbocycles. The highest BCUT2D eigenvalue weighted by Gasteiger charge is 2.26. The number of nitrogens with one attached hydrogen (secondary N) is 2. The highest BCUT2D eigenvalue weighted by molar-refractivity contribution is 6.34. The Balaban J connectivity index is 1.98. The lowest BCUT2D eigenvalue weighted by Crippen LogP contribution is -2.58. The zero-order valence-corrected chi connectivity index (χ0v) is 12.5. The predicted octanol–water partition coefficient (Wildman–Crippen LogP) is 1.04. The Morgan fingerprint density at radius 3 is 2.55 bits per heavy atom. The van der Waals surface area contributed by atoms with Crippen molar-refractivity contribution in [1.29, 1.82) is 0 Å². The van der Waals surface area contributed by atoms with Gasteiger partial charge in [-0.25, -0.2) is 0 Å². The van der Waals surface area contributed by atoms with Crippen molar-refractivity contribution in [2.24, 2.45) is 0 Å². The second kappa shape index (κ2) is 6.43. The molecule has 0 bridgehead atoms. The summed E-state index contributed by atoms with van der Waals surface area (Å²) in [7, 11) is 1.70. The van der Waals surface area contributed by atoms with Crippen molar-refractivity contribution in [3.05, 3.63) is 33.8 Å². The molecule has 0 aromatic heterocycles. The van der Waals surface area contributed by atoms with Gasteiger partial charge in [-0.1, -0.05) is 23.2 Å². The molecule has 1 aromatic rings. The van der Waals surface area contributed by atoms with Crippen LogP contribution >= 0.6 is 23.2 Å². The number of halogens is 2. The Kier molecular flexibility index (Phi) is 4.86. The minimum Gasteiger partial charge on any atom is -0.353 e. The first-order valence-electron chi connectivity index (χ1n) is 6.16. The Hall–Kier alpha value is -1.30. The average Bonchev–Trinajstić information content (AvgIpc) is 2.37. The summed E-state index contributed by atoms with van der Waals surface area (Å²) in [6.45, 7) is 0.872. The van der Waals surface area contributed by atoms with Crippen LogP contribution in [0, 0.1) is 0 Å². The molecule has 5 nitrogen and oxygen atoms in total. The third-order valence-corrected chi connectivity index (χ3v) is 3.47. The van der Waals surface area contributed by atoms with E-state index in [1.807, 2.05) is 0 Å². The van der Waals surface area contributed by atoms with E-state index in [-0.39, 0.29) is 18.4 Å². The van der Waals surface area contributed by atoms with Gasteiger partial charge in [-0.05, 0) is 23.8 Å². The second-order valence-electron chi connectivity index (χ2n) is 4.71. The van der Waals surface area contributed by atoms with Gasteiger partial charge in [0.15, 0.2) is 0 Å². The number of hydrogen-bond acceptors (Lipinski definition) is 3. The van der Waals surface area contributed by atoms with E-state index < -0.39 is 6.04 Å². The third kappa shape index (κ3) is 3.85. The molecule has 0 saturated carbocycles. The fraction of sp³-hybridized carbons (Fsp3) is 0.385. The molecule has 2 amide bonds. The summed E-state index contributed by atoms with van der Waals surface area (Å²) in [5.74, 6) is -0.181. The van der Waals surface area contributed by atoms with Gasteiger partial charge in [0.25, 0.3) is 0 Å². The number of carbonyl (C=O) groups is 2. The van der Waals surface area contributed by atoms with Gasteiger partial charge in [0, 0.05) is 30.2 Å². The molecule has 0 spiro atoms. The van der Waals surface area contributed by atoms with Crippen LogP contribution in [-0.4, -0.2) is 42.9 Å². The number of benzene rings is 1.